The molecule has 0 aliphatic rings. The maximum absolute atomic E-state index is 12.4. The van der Waals surface area contributed by atoms with Crippen LogP contribution in [-0.2, 0) is 14.3 Å². The number of methoxy groups -OCH3 is 2. The van der Waals surface area contributed by atoms with Crippen molar-refractivity contribution in [3.05, 3.63) is 39.8 Å². The van der Waals surface area contributed by atoms with E-state index in [-0.39, 0.29) is 24.5 Å². The number of esters is 2. The highest BCUT2D eigenvalue weighted by molar-refractivity contribution is 7.16. The lowest BCUT2D eigenvalue weighted by Crippen LogP contribution is -2.22. The van der Waals surface area contributed by atoms with E-state index in [1.54, 1.807) is 19.9 Å². The SMILES string of the molecule is CCOC(=O)c1c(NC(=O)COc2cc(OC)ccc2C(=O)OC)sc(C)c1C. The molecule has 0 bridgehead atoms. The predicted molar refractivity (Wildman–Crippen MR) is 108 cm³/mol. The van der Waals surface area contributed by atoms with Gasteiger partial charge in [0.05, 0.1) is 26.4 Å². The Kier molecular flexibility index (Phi) is 7.60. The molecule has 0 radical (unpaired) electrons. The van der Waals surface area contributed by atoms with Crippen LogP contribution in [-0.4, -0.2) is 45.3 Å². The second-order valence-corrected chi connectivity index (χ2v) is 7.12. The van der Waals surface area contributed by atoms with Gasteiger partial charge in [0.1, 0.15) is 22.1 Å². The maximum atomic E-state index is 12.4. The zero-order chi connectivity index (χ0) is 21.6. The van der Waals surface area contributed by atoms with Gasteiger partial charge in [-0.05, 0) is 38.5 Å². The van der Waals surface area contributed by atoms with Gasteiger partial charge in [-0.2, -0.15) is 0 Å². The number of carbonyl (C=O) groups excluding carboxylic acids is 3. The Bertz CT molecular complexity index is 920. The molecule has 2 rings (SSSR count). The largest absolute Gasteiger partial charge is 0.497 e. The van der Waals surface area contributed by atoms with Gasteiger partial charge < -0.3 is 24.3 Å². The summed E-state index contributed by atoms with van der Waals surface area (Å²) in [5.41, 5.74) is 1.25. The van der Waals surface area contributed by atoms with Crippen LogP contribution in [0.3, 0.4) is 0 Å². The van der Waals surface area contributed by atoms with Crippen molar-refractivity contribution in [2.75, 3.05) is 32.8 Å². The molecule has 0 saturated carbocycles. The number of hydrogen-bond donors (Lipinski definition) is 1. The number of hydrogen-bond acceptors (Lipinski definition) is 8. The first kappa shape index (κ1) is 22.2. The lowest BCUT2D eigenvalue weighted by atomic mass is 10.1. The summed E-state index contributed by atoms with van der Waals surface area (Å²) in [4.78, 5) is 37.4. The molecule has 1 N–H and O–H groups in total. The van der Waals surface area contributed by atoms with Crippen molar-refractivity contribution in [3.8, 4) is 11.5 Å². The standard InChI is InChI=1S/C20H23NO7S/c1-6-27-20(24)17-11(2)12(3)29-18(17)21-16(22)10-28-15-9-13(25-4)7-8-14(15)19(23)26-5/h7-9H,6,10H2,1-5H3,(H,21,22). The predicted octanol–water partition coefficient (Wildman–Crippen LogP) is 3.35. The first-order chi connectivity index (χ1) is 13.8. The number of nitrogens with one attached hydrogen (secondary N) is 1. The molecule has 29 heavy (non-hydrogen) atoms. The van der Waals surface area contributed by atoms with Gasteiger partial charge in [0.15, 0.2) is 6.61 Å². The average molecular weight is 421 g/mol. The van der Waals surface area contributed by atoms with Crippen molar-refractivity contribution in [1.82, 2.24) is 0 Å². The summed E-state index contributed by atoms with van der Waals surface area (Å²) in [7, 11) is 2.73. The van der Waals surface area contributed by atoms with Crippen LogP contribution in [0, 0.1) is 13.8 Å². The van der Waals surface area contributed by atoms with Crippen molar-refractivity contribution in [1.29, 1.82) is 0 Å². The Morgan fingerprint density at radius 1 is 1.10 bits per heavy atom. The Balaban J connectivity index is 2.16. The van der Waals surface area contributed by atoms with Crippen LogP contribution in [0.25, 0.3) is 0 Å². The highest BCUT2D eigenvalue weighted by Gasteiger charge is 2.22. The van der Waals surface area contributed by atoms with Crippen molar-refractivity contribution < 1.29 is 33.3 Å². The summed E-state index contributed by atoms with van der Waals surface area (Å²) in [6.45, 7) is 5.22. The molecular weight excluding hydrogens is 398 g/mol. The van der Waals surface area contributed by atoms with E-state index < -0.39 is 17.8 Å². The second-order valence-electron chi connectivity index (χ2n) is 5.90. The summed E-state index contributed by atoms with van der Waals surface area (Å²) in [5, 5.41) is 3.07. The van der Waals surface area contributed by atoms with Crippen molar-refractivity contribution in [2.24, 2.45) is 0 Å². The molecule has 8 nitrogen and oxygen atoms in total. The molecule has 0 atom stereocenters. The van der Waals surface area contributed by atoms with Gasteiger partial charge in [-0.25, -0.2) is 9.59 Å². The van der Waals surface area contributed by atoms with Crippen LogP contribution in [0.5, 0.6) is 11.5 Å². The molecular formula is C20H23NO7S. The van der Waals surface area contributed by atoms with E-state index in [0.717, 1.165) is 10.4 Å². The quantitative estimate of drug-likeness (QED) is 0.652. The van der Waals surface area contributed by atoms with Crippen LogP contribution in [0.15, 0.2) is 18.2 Å². The highest BCUT2D eigenvalue weighted by Crippen LogP contribution is 2.33. The third kappa shape index (κ3) is 5.26. The number of benzene rings is 1. The molecule has 2 aromatic rings. The van der Waals surface area contributed by atoms with E-state index in [1.807, 2.05) is 6.92 Å². The van der Waals surface area contributed by atoms with Gasteiger partial charge in [-0.3, -0.25) is 4.79 Å². The molecule has 0 unspecified atom stereocenters. The summed E-state index contributed by atoms with van der Waals surface area (Å²) in [6.07, 6.45) is 0. The van der Waals surface area contributed by atoms with Gasteiger partial charge in [0.2, 0.25) is 0 Å². The Morgan fingerprint density at radius 2 is 1.83 bits per heavy atom. The van der Waals surface area contributed by atoms with Crippen LogP contribution < -0.4 is 14.8 Å². The van der Waals surface area contributed by atoms with Gasteiger partial charge in [0.25, 0.3) is 5.91 Å². The molecule has 0 saturated heterocycles. The zero-order valence-electron chi connectivity index (χ0n) is 16.9. The van der Waals surface area contributed by atoms with Crippen molar-refractivity contribution >= 4 is 34.2 Å². The summed E-state index contributed by atoms with van der Waals surface area (Å²) in [6, 6.07) is 4.56. The van der Waals surface area contributed by atoms with E-state index in [4.69, 9.17) is 18.9 Å². The maximum Gasteiger partial charge on any atom is 0.341 e. The van der Waals surface area contributed by atoms with E-state index in [9.17, 15) is 14.4 Å². The Labute approximate surface area is 172 Å². The molecule has 0 fully saturated rings. The van der Waals surface area contributed by atoms with Gasteiger partial charge >= 0.3 is 11.9 Å². The third-order valence-electron chi connectivity index (χ3n) is 4.07. The van der Waals surface area contributed by atoms with E-state index in [0.29, 0.717) is 16.3 Å². The minimum absolute atomic E-state index is 0.149. The lowest BCUT2D eigenvalue weighted by molar-refractivity contribution is -0.118. The van der Waals surface area contributed by atoms with E-state index >= 15 is 0 Å². The number of rotatable bonds is 8. The lowest BCUT2D eigenvalue weighted by Gasteiger charge is -2.12. The number of aryl methyl sites for hydroxylation is 1. The molecule has 9 heteroatoms. The minimum atomic E-state index is -0.600. The van der Waals surface area contributed by atoms with Crippen molar-refractivity contribution in [3.63, 3.8) is 0 Å². The van der Waals surface area contributed by atoms with Crippen LogP contribution in [0.2, 0.25) is 0 Å². The molecule has 1 amide bonds. The van der Waals surface area contributed by atoms with Gasteiger partial charge in [-0.1, -0.05) is 0 Å². The molecule has 156 valence electrons. The Hall–Kier alpha value is -3.07. The second kappa shape index (κ2) is 9.92. The normalized spacial score (nSPS) is 10.2. The fourth-order valence-electron chi connectivity index (χ4n) is 2.50. The Morgan fingerprint density at radius 3 is 2.45 bits per heavy atom. The van der Waals surface area contributed by atoms with Crippen LogP contribution >= 0.6 is 11.3 Å². The molecule has 0 spiro atoms. The molecule has 0 aliphatic heterocycles. The fraction of sp³-hybridized carbons (Fsp3) is 0.350. The van der Waals surface area contributed by atoms with Crippen LogP contribution in [0.1, 0.15) is 38.1 Å². The average Bonchev–Trinajstić information content (AvgIpc) is 2.98. The summed E-state index contributed by atoms with van der Waals surface area (Å²) in [5.74, 6) is -0.975. The highest BCUT2D eigenvalue weighted by atomic mass is 32.1. The third-order valence-corrected chi connectivity index (χ3v) is 5.19. The van der Waals surface area contributed by atoms with Gasteiger partial charge in [0, 0.05) is 10.9 Å². The fourth-order valence-corrected chi connectivity index (χ4v) is 3.56. The first-order valence-electron chi connectivity index (χ1n) is 8.78. The molecule has 1 heterocycles. The van der Waals surface area contributed by atoms with Crippen molar-refractivity contribution in [2.45, 2.75) is 20.8 Å². The summed E-state index contributed by atoms with van der Waals surface area (Å²) < 4.78 is 20.4. The molecule has 1 aromatic heterocycles. The minimum Gasteiger partial charge on any atom is -0.497 e. The summed E-state index contributed by atoms with van der Waals surface area (Å²) >= 11 is 1.28. The first-order valence-corrected chi connectivity index (χ1v) is 9.60. The van der Waals surface area contributed by atoms with E-state index in [2.05, 4.69) is 5.32 Å². The van der Waals surface area contributed by atoms with E-state index in [1.165, 1.54) is 37.7 Å². The molecule has 1 aromatic carbocycles. The van der Waals surface area contributed by atoms with Gasteiger partial charge in [-0.15, -0.1) is 11.3 Å². The molecule has 0 aliphatic carbocycles. The number of thiophene rings is 1. The number of amides is 1. The van der Waals surface area contributed by atoms with Crippen LogP contribution in [0.4, 0.5) is 5.00 Å². The number of ether oxygens (including phenoxy) is 4. The monoisotopic (exact) mass is 421 g/mol. The number of carbonyl (C=O) groups is 3. The smallest absolute Gasteiger partial charge is 0.341 e. The number of anilines is 1. The zero-order valence-corrected chi connectivity index (χ0v) is 17.7. The topological polar surface area (TPSA) is 100 Å².